The molecule has 0 aromatic carbocycles. The Balaban J connectivity index is 2.53. The second-order valence-electron chi connectivity index (χ2n) is 4.37. The number of aromatic nitrogens is 2. The smallest absolute Gasteiger partial charge is 0.412 e. The van der Waals surface area contributed by atoms with Crippen molar-refractivity contribution in [3.8, 4) is 0 Å². The molecule has 0 unspecified atom stereocenters. The summed E-state index contributed by atoms with van der Waals surface area (Å²) in [5.74, 6) is 0. The van der Waals surface area contributed by atoms with Crippen LogP contribution >= 0.6 is 0 Å². The molecule has 16 heavy (non-hydrogen) atoms. The van der Waals surface area contributed by atoms with Gasteiger partial charge in [-0.15, -0.1) is 6.58 Å². The Labute approximate surface area is 95.1 Å². The summed E-state index contributed by atoms with van der Waals surface area (Å²) in [4.78, 5) is 11.4. The molecule has 0 aliphatic rings. The first-order valence-corrected chi connectivity index (χ1v) is 5.04. The molecule has 1 heterocycles. The lowest BCUT2D eigenvalue weighted by Crippen LogP contribution is -2.27. The highest BCUT2D eigenvalue weighted by atomic mass is 16.6. The fourth-order valence-corrected chi connectivity index (χ4v) is 1.08. The summed E-state index contributed by atoms with van der Waals surface area (Å²) >= 11 is 0. The lowest BCUT2D eigenvalue weighted by Gasteiger charge is -2.19. The molecular weight excluding hydrogens is 206 g/mol. The van der Waals surface area contributed by atoms with Gasteiger partial charge in [0, 0.05) is 6.20 Å². The van der Waals surface area contributed by atoms with Gasteiger partial charge in [0.2, 0.25) is 0 Å². The number of allylic oxidation sites excluding steroid dienone is 1. The zero-order chi connectivity index (χ0) is 12.2. The van der Waals surface area contributed by atoms with Crippen molar-refractivity contribution in [3.63, 3.8) is 0 Å². The summed E-state index contributed by atoms with van der Waals surface area (Å²) in [6.07, 6.45) is 4.52. The van der Waals surface area contributed by atoms with Crippen LogP contribution in [0.3, 0.4) is 0 Å². The van der Waals surface area contributed by atoms with Crippen LogP contribution in [0.1, 0.15) is 20.8 Å². The summed E-state index contributed by atoms with van der Waals surface area (Å²) in [6, 6.07) is 0. The monoisotopic (exact) mass is 223 g/mol. The first kappa shape index (κ1) is 12.3. The SMILES string of the molecule is C=CCn1cc(NC(=O)OC(C)(C)C)cn1. The number of anilines is 1. The molecule has 5 heteroatoms. The quantitative estimate of drug-likeness (QED) is 0.800. The average molecular weight is 223 g/mol. The summed E-state index contributed by atoms with van der Waals surface area (Å²) in [5.41, 5.74) is 0.109. The highest BCUT2D eigenvalue weighted by Crippen LogP contribution is 2.10. The predicted molar refractivity (Wildman–Crippen MR) is 62.3 cm³/mol. The molecule has 0 saturated carbocycles. The minimum absolute atomic E-state index is 0.481. The lowest BCUT2D eigenvalue weighted by atomic mass is 10.2. The summed E-state index contributed by atoms with van der Waals surface area (Å²) < 4.78 is 6.77. The number of hydrogen-bond donors (Lipinski definition) is 1. The van der Waals surface area contributed by atoms with Gasteiger partial charge in [0.25, 0.3) is 0 Å². The topological polar surface area (TPSA) is 56.2 Å². The van der Waals surface area contributed by atoms with E-state index in [-0.39, 0.29) is 0 Å². The van der Waals surface area contributed by atoms with Gasteiger partial charge in [-0.2, -0.15) is 5.10 Å². The first-order chi connectivity index (χ1) is 7.40. The maximum atomic E-state index is 11.4. The molecule has 0 bridgehead atoms. The van der Waals surface area contributed by atoms with Crippen LogP contribution in [-0.2, 0) is 11.3 Å². The number of rotatable bonds is 3. The van der Waals surface area contributed by atoms with Gasteiger partial charge >= 0.3 is 6.09 Å². The Morgan fingerprint density at radius 3 is 2.94 bits per heavy atom. The standard InChI is InChI=1S/C11H17N3O2/c1-5-6-14-8-9(7-12-14)13-10(15)16-11(2,3)4/h5,7-8H,1,6H2,2-4H3,(H,13,15). The van der Waals surface area contributed by atoms with Gasteiger partial charge in [0.05, 0.1) is 18.4 Å². The number of carbonyl (C=O) groups excluding carboxylic acids is 1. The summed E-state index contributed by atoms with van der Waals surface area (Å²) in [7, 11) is 0. The van der Waals surface area contributed by atoms with Gasteiger partial charge < -0.3 is 4.74 Å². The van der Waals surface area contributed by atoms with E-state index in [0.717, 1.165) is 0 Å². The van der Waals surface area contributed by atoms with E-state index >= 15 is 0 Å². The van der Waals surface area contributed by atoms with Crippen molar-refractivity contribution < 1.29 is 9.53 Å². The van der Waals surface area contributed by atoms with Crippen molar-refractivity contribution in [2.45, 2.75) is 32.9 Å². The molecule has 0 saturated heterocycles. The fraction of sp³-hybridized carbons (Fsp3) is 0.455. The molecule has 5 nitrogen and oxygen atoms in total. The largest absolute Gasteiger partial charge is 0.444 e. The zero-order valence-corrected chi connectivity index (χ0v) is 9.86. The van der Waals surface area contributed by atoms with E-state index in [1.54, 1.807) is 23.2 Å². The van der Waals surface area contributed by atoms with Crippen LogP contribution in [0, 0.1) is 0 Å². The molecule has 1 amide bonds. The van der Waals surface area contributed by atoms with E-state index in [0.29, 0.717) is 12.2 Å². The van der Waals surface area contributed by atoms with Gasteiger partial charge in [-0.25, -0.2) is 4.79 Å². The molecule has 1 aromatic rings. The Morgan fingerprint density at radius 2 is 2.38 bits per heavy atom. The maximum absolute atomic E-state index is 11.4. The molecule has 0 atom stereocenters. The summed E-state index contributed by atoms with van der Waals surface area (Å²) in [6.45, 7) is 9.65. The normalized spacial score (nSPS) is 10.9. The number of carbonyl (C=O) groups is 1. The molecule has 1 aromatic heterocycles. The van der Waals surface area contributed by atoms with E-state index in [1.807, 2.05) is 20.8 Å². The van der Waals surface area contributed by atoms with Crippen molar-refractivity contribution in [1.29, 1.82) is 0 Å². The van der Waals surface area contributed by atoms with E-state index < -0.39 is 11.7 Å². The second kappa shape index (κ2) is 4.83. The van der Waals surface area contributed by atoms with Crippen LogP contribution in [0.4, 0.5) is 10.5 Å². The number of nitrogens with zero attached hydrogens (tertiary/aromatic N) is 2. The van der Waals surface area contributed by atoms with Crippen LogP contribution in [0.15, 0.2) is 25.0 Å². The Hall–Kier alpha value is -1.78. The van der Waals surface area contributed by atoms with Crippen LogP contribution in [0.5, 0.6) is 0 Å². The third-order valence-electron chi connectivity index (χ3n) is 1.59. The third kappa shape index (κ3) is 4.16. The molecule has 0 radical (unpaired) electrons. The number of ether oxygens (including phenoxy) is 1. The van der Waals surface area contributed by atoms with Crippen molar-refractivity contribution in [2.24, 2.45) is 0 Å². The highest BCUT2D eigenvalue weighted by molar-refractivity contribution is 5.84. The molecule has 1 N–H and O–H groups in total. The maximum Gasteiger partial charge on any atom is 0.412 e. The van der Waals surface area contributed by atoms with E-state index in [9.17, 15) is 4.79 Å². The lowest BCUT2D eigenvalue weighted by molar-refractivity contribution is 0.0636. The molecule has 88 valence electrons. The average Bonchev–Trinajstić information content (AvgIpc) is 2.49. The second-order valence-corrected chi connectivity index (χ2v) is 4.37. The van der Waals surface area contributed by atoms with E-state index in [1.165, 1.54) is 0 Å². The van der Waals surface area contributed by atoms with Crippen LogP contribution < -0.4 is 5.32 Å². The number of nitrogens with one attached hydrogen (secondary N) is 1. The van der Waals surface area contributed by atoms with Gasteiger partial charge in [-0.05, 0) is 20.8 Å². The van der Waals surface area contributed by atoms with Crippen LogP contribution in [-0.4, -0.2) is 21.5 Å². The van der Waals surface area contributed by atoms with Gasteiger partial charge in [-0.3, -0.25) is 10.00 Å². The van der Waals surface area contributed by atoms with Crippen molar-refractivity contribution >= 4 is 11.8 Å². The van der Waals surface area contributed by atoms with E-state index in [4.69, 9.17) is 4.74 Å². The molecule has 0 aliphatic carbocycles. The number of hydrogen-bond acceptors (Lipinski definition) is 3. The first-order valence-electron chi connectivity index (χ1n) is 5.04. The molecule has 1 rings (SSSR count). The van der Waals surface area contributed by atoms with Gasteiger partial charge in [0.1, 0.15) is 5.60 Å². The molecule has 0 fully saturated rings. The minimum Gasteiger partial charge on any atom is -0.444 e. The molecular formula is C11H17N3O2. The summed E-state index contributed by atoms with van der Waals surface area (Å²) in [5, 5.41) is 6.63. The zero-order valence-electron chi connectivity index (χ0n) is 9.86. The Morgan fingerprint density at radius 1 is 1.69 bits per heavy atom. The molecule has 0 spiro atoms. The minimum atomic E-state index is -0.499. The Kier molecular flexibility index (Phi) is 3.71. The Bertz CT molecular complexity index is 377. The fourth-order valence-electron chi connectivity index (χ4n) is 1.08. The van der Waals surface area contributed by atoms with Crippen molar-refractivity contribution in [1.82, 2.24) is 9.78 Å². The van der Waals surface area contributed by atoms with Crippen LogP contribution in [0.2, 0.25) is 0 Å². The third-order valence-corrected chi connectivity index (χ3v) is 1.59. The van der Waals surface area contributed by atoms with Gasteiger partial charge in [-0.1, -0.05) is 6.08 Å². The number of amides is 1. The predicted octanol–water partition coefficient (Wildman–Crippen LogP) is 2.42. The van der Waals surface area contributed by atoms with E-state index in [2.05, 4.69) is 17.0 Å². The van der Waals surface area contributed by atoms with Crippen LogP contribution in [0.25, 0.3) is 0 Å². The molecule has 0 aliphatic heterocycles. The highest BCUT2D eigenvalue weighted by Gasteiger charge is 2.16. The van der Waals surface area contributed by atoms with Crippen molar-refractivity contribution in [3.05, 3.63) is 25.0 Å². The van der Waals surface area contributed by atoms with Crippen molar-refractivity contribution in [2.75, 3.05) is 5.32 Å². The van der Waals surface area contributed by atoms with Gasteiger partial charge in [0.15, 0.2) is 0 Å².